The van der Waals surface area contributed by atoms with Crippen molar-refractivity contribution in [1.82, 2.24) is 5.32 Å². The van der Waals surface area contributed by atoms with Crippen LogP contribution in [0.2, 0.25) is 0 Å². The summed E-state index contributed by atoms with van der Waals surface area (Å²) in [5, 5.41) is 31.4. The van der Waals surface area contributed by atoms with Gasteiger partial charge in [-0.25, -0.2) is 4.79 Å². The van der Waals surface area contributed by atoms with E-state index < -0.39 is 30.6 Å². The minimum absolute atomic E-state index is 0.00430. The number of rotatable bonds is 6. The number of nitrogens with one attached hydrogen (secondary N) is 1. The first-order chi connectivity index (χ1) is 11.0. The van der Waals surface area contributed by atoms with Crippen LogP contribution < -0.4 is 5.32 Å². The molecule has 23 heavy (non-hydrogen) atoms. The Morgan fingerprint density at radius 1 is 1.13 bits per heavy atom. The number of aliphatic hydroxyl groups excluding tert-OH is 2. The molecule has 0 fully saturated rings. The van der Waals surface area contributed by atoms with Crippen molar-refractivity contribution >= 4 is 35.4 Å². The number of amides is 1. The molecule has 1 aliphatic heterocycles. The molecule has 0 bridgehead atoms. The molecule has 0 unspecified atom stereocenters. The van der Waals surface area contributed by atoms with Gasteiger partial charge in [0.2, 0.25) is 0 Å². The molecule has 0 aliphatic carbocycles. The van der Waals surface area contributed by atoms with Gasteiger partial charge in [-0.15, -0.1) is 23.5 Å². The Balaban J connectivity index is 2.15. The minimum Gasteiger partial charge on any atom is -0.477 e. The van der Waals surface area contributed by atoms with E-state index in [2.05, 4.69) is 5.32 Å². The lowest BCUT2D eigenvalue weighted by Crippen LogP contribution is -2.42. The molecule has 0 aromatic heterocycles. The molecule has 2 rings (SSSR count). The van der Waals surface area contributed by atoms with Gasteiger partial charge in [0.1, 0.15) is 11.0 Å². The van der Waals surface area contributed by atoms with E-state index in [1.165, 1.54) is 11.8 Å². The molecular weight excluding hydrogens is 338 g/mol. The topological polar surface area (TPSA) is 107 Å². The number of thioether (sulfide) groups is 2. The first-order valence-electron chi connectivity index (χ1n) is 6.92. The van der Waals surface area contributed by atoms with Crippen molar-refractivity contribution < 1.29 is 24.9 Å². The largest absolute Gasteiger partial charge is 0.477 e. The number of benzene rings is 1. The first-order valence-corrected chi connectivity index (χ1v) is 8.89. The van der Waals surface area contributed by atoms with Gasteiger partial charge < -0.3 is 20.6 Å². The Labute approximate surface area is 142 Å². The fourth-order valence-electron chi connectivity index (χ4n) is 2.09. The molecule has 1 aromatic carbocycles. The smallest absolute Gasteiger partial charge is 0.343 e. The third-order valence-electron chi connectivity index (χ3n) is 3.22. The van der Waals surface area contributed by atoms with Crippen LogP contribution in [-0.2, 0) is 9.59 Å². The van der Waals surface area contributed by atoms with E-state index in [-0.39, 0.29) is 9.81 Å². The van der Waals surface area contributed by atoms with E-state index in [1.54, 1.807) is 30.3 Å². The molecule has 0 spiro atoms. The second-order valence-electron chi connectivity index (χ2n) is 4.78. The molecule has 6 nitrogen and oxygen atoms in total. The van der Waals surface area contributed by atoms with Gasteiger partial charge in [-0.05, 0) is 5.56 Å². The molecule has 0 radical (unpaired) electrons. The lowest BCUT2D eigenvalue weighted by Gasteiger charge is -2.24. The highest BCUT2D eigenvalue weighted by molar-refractivity contribution is 8.11. The van der Waals surface area contributed by atoms with Crippen LogP contribution >= 0.6 is 23.5 Å². The summed E-state index contributed by atoms with van der Waals surface area (Å²) in [5.74, 6) is -0.473. The average Bonchev–Trinajstić information content (AvgIpc) is 2.59. The molecule has 1 amide bonds. The molecule has 0 saturated carbocycles. The third-order valence-corrected chi connectivity index (χ3v) is 5.77. The molecule has 1 aliphatic rings. The van der Waals surface area contributed by atoms with Crippen LogP contribution in [-0.4, -0.2) is 51.4 Å². The lowest BCUT2D eigenvalue weighted by molar-refractivity contribution is -0.132. The summed E-state index contributed by atoms with van der Waals surface area (Å²) in [5.41, 5.74) is 0.560. The molecular formula is C15H17NO5S2. The molecule has 0 saturated heterocycles. The summed E-state index contributed by atoms with van der Waals surface area (Å²) in [7, 11) is 0. The van der Waals surface area contributed by atoms with Crippen molar-refractivity contribution in [2.75, 3.05) is 18.1 Å². The van der Waals surface area contributed by atoms with Gasteiger partial charge in [0.05, 0.1) is 17.6 Å². The predicted octanol–water partition coefficient (Wildman–Crippen LogP) is 0.973. The molecule has 124 valence electrons. The second kappa shape index (κ2) is 8.39. The van der Waals surface area contributed by atoms with Gasteiger partial charge in [-0.1, -0.05) is 30.3 Å². The van der Waals surface area contributed by atoms with Crippen LogP contribution in [0.3, 0.4) is 0 Å². The van der Waals surface area contributed by atoms with Crippen molar-refractivity contribution in [1.29, 1.82) is 0 Å². The van der Waals surface area contributed by atoms with Crippen LogP contribution in [0.15, 0.2) is 40.1 Å². The predicted molar refractivity (Wildman–Crippen MR) is 90.0 cm³/mol. The standard InChI is InChI=1S/C15H17NO5S2/c17-8-10(11(18)9-4-2-1-3-5-9)16-14(19)12-13(15(20)21)23-7-6-22-12/h1-5,10-11,17-18H,6-8H2,(H,16,19)(H,20,21)/t10-,11-/m1/s1. The summed E-state index contributed by atoms with van der Waals surface area (Å²) in [6.07, 6.45) is -1.08. The highest BCUT2D eigenvalue weighted by Gasteiger charge is 2.29. The summed E-state index contributed by atoms with van der Waals surface area (Å²) >= 11 is 2.29. The normalized spacial score (nSPS) is 17.5. The highest BCUT2D eigenvalue weighted by Crippen LogP contribution is 2.34. The van der Waals surface area contributed by atoms with Crippen molar-refractivity contribution in [2.24, 2.45) is 0 Å². The Morgan fingerprint density at radius 3 is 2.30 bits per heavy atom. The van der Waals surface area contributed by atoms with Crippen molar-refractivity contribution in [2.45, 2.75) is 12.1 Å². The summed E-state index contributed by atoms with van der Waals surface area (Å²) in [6.45, 7) is -0.463. The van der Waals surface area contributed by atoms with Gasteiger partial charge in [0, 0.05) is 11.5 Å². The zero-order chi connectivity index (χ0) is 16.8. The van der Waals surface area contributed by atoms with E-state index >= 15 is 0 Å². The zero-order valence-corrected chi connectivity index (χ0v) is 13.8. The first kappa shape index (κ1) is 17.9. The Bertz CT molecular complexity index is 605. The van der Waals surface area contributed by atoms with E-state index in [1.807, 2.05) is 0 Å². The Hall–Kier alpha value is -1.48. The van der Waals surface area contributed by atoms with Gasteiger partial charge in [-0.2, -0.15) is 0 Å². The zero-order valence-electron chi connectivity index (χ0n) is 12.1. The van der Waals surface area contributed by atoms with Crippen LogP contribution in [0.4, 0.5) is 0 Å². The fraction of sp³-hybridized carbons (Fsp3) is 0.333. The van der Waals surface area contributed by atoms with Crippen LogP contribution in [0, 0.1) is 0 Å². The second-order valence-corrected chi connectivity index (χ2v) is 6.99. The molecule has 2 atom stereocenters. The highest BCUT2D eigenvalue weighted by atomic mass is 32.2. The lowest BCUT2D eigenvalue weighted by atomic mass is 10.0. The monoisotopic (exact) mass is 355 g/mol. The number of aliphatic hydroxyl groups is 2. The molecule has 8 heteroatoms. The Morgan fingerprint density at radius 2 is 1.74 bits per heavy atom. The Kier molecular flexibility index (Phi) is 6.52. The van der Waals surface area contributed by atoms with Crippen molar-refractivity contribution in [3.8, 4) is 0 Å². The van der Waals surface area contributed by atoms with Crippen LogP contribution in [0.5, 0.6) is 0 Å². The number of aliphatic carboxylic acids is 1. The number of hydrogen-bond acceptors (Lipinski definition) is 6. The van der Waals surface area contributed by atoms with Crippen LogP contribution in [0.25, 0.3) is 0 Å². The molecule has 1 aromatic rings. The number of carbonyl (C=O) groups is 2. The third kappa shape index (κ3) is 4.51. The van der Waals surface area contributed by atoms with Gasteiger partial charge in [0.25, 0.3) is 5.91 Å². The van der Waals surface area contributed by atoms with E-state index in [0.717, 1.165) is 11.8 Å². The summed E-state index contributed by atoms with van der Waals surface area (Å²) < 4.78 is 0. The van der Waals surface area contributed by atoms with Gasteiger partial charge in [-0.3, -0.25) is 4.79 Å². The van der Waals surface area contributed by atoms with E-state index in [4.69, 9.17) is 5.11 Å². The number of hydrogen-bond donors (Lipinski definition) is 4. The van der Waals surface area contributed by atoms with Gasteiger partial charge in [0.15, 0.2) is 0 Å². The average molecular weight is 355 g/mol. The van der Waals surface area contributed by atoms with E-state index in [9.17, 15) is 19.8 Å². The SMILES string of the molecule is O=C(O)C1=C(C(=O)N[C@H](CO)[C@H](O)c2ccccc2)SCCS1. The summed E-state index contributed by atoms with van der Waals surface area (Å²) in [4.78, 5) is 23.7. The van der Waals surface area contributed by atoms with Crippen molar-refractivity contribution in [3.63, 3.8) is 0 Å². The fourth-order valence-corrected chi connectivity index (χ4v) is 4.27. The van der Waals surface area contributed by atoms with Crippen molar-refractivity contribution in [3.05, 3.63) is 45.7 Å². The van der Waals surface area contributed by atoms with Crippen LogP contribution in [0.1, 0.15) is 11.7 Å². The number of carbonyl (C=O) groups excluding carboxylic acids is 1. The maximum absolute atomic E-state index is 12.3. The molecule has 4 N–H and O–H groups in total. The maximum Gasteiger partial charge on any atom is 0.343 e. The number of carboxylic acids is 1. The van der Waals surface area contributed by atoms with E-state index in [0.29, 0.717) is 17.1 Å². The number of carboxylic acid groups (broad SMARTS) is 1. The maximum atomic E-state index is 12.3. The quantitative estimate of drug-likeness (QED) is 0.602. The van der Waals surface area contributed by atoms with Gasteiger partial charge >= 0.3 is 5.97 Å². The minimum atomic E-state index is -1.14. The molecule has 1 heterocycles. The summed E-state index contributed by atoms with van der Waals surface area (Å²) in [6, 6.07) is 7.74.